The van der Waals surface area contributed by atoms with Crippen LogP contribution in [0, 0.1) is 0 Å². The van der Waals surface area contributed by atoms with Crippen LogP contribution in [0.25, 0.3) is 0 Å². The van der Waals surface area contributed by atoms with E-state index in [0.29, 0.717) is 13.1 Å². The van der Waals surface area contributed by atoms with E-state index < -0.39 is 6.09 Å². The van der Waals surface area contributed by atoms with Gasteiger partial charge >= 0.3 is 6.09 Å². The molecule has 0 spiro atoms. The quantitative estimate of drug-likeness (QED) is 0.580. The van der Waals surface area contributed by atoms with Crippen LogP contribution < -0.4 is 0 Å². The summed E-state index contributed by atoms with van der Waals surface area (Å²) >= 11 is 0. The van der Waals surface area contributed by atoms with Crippen LogP contribution in [0.4, 0.5) is 4.79 Å². The first-order valence-corrected chi connectivity index (χ1v) is 3.24. The standard InChI is InChI=1S/C6H11NO3/c1-10-5-2-3-7(4-5)6(8)9/h5H,2-4H2,1H3,(H,8,9). The summed E-state index contributed by atoms with van der Waals surface area (Å²) in [5.41, 5.74) is 0. The van der Waals surface area contributed by atoms with Crippen molar-refractivity contribution in [2.75, 3.05) is 20.2 Å². The summed E-state index contributed by atoms with van der Waals surface area (Å²) in [5.74, 6) is 0. The van der Waals surface area contributed by atoms with Crippen molar-refractivity contribution in [1.82, 2.24) is 4.90 Å². The predicted octanol–water partition coefficient (Wildman–Crippen LogP) is 0.385. The minimum atomic E-state index is -0.848. The van der Waals surface area contributed by atoms with Gasteiger partial charge in [0.05, 0.1) is 12.6 Å². The van der Waals surface area contributed by atoms with Gasteiger partial charge < -0.3 is 14.7 Å². The molecule has 1 rings (SSSR count). The van der Waals surface area contributed by atoms with Crippen molar-refractivity contribution in [3.05, 3.63) is 0 Å². The molecule has 10 heavy (non-hydrogen) atoms. The number of ether oxygens (including phenoxy) is 1. The second-order valence-electron chi connectivity index (χ2n) is 2.37. The Morgan fingerprint density at radius 2 is 2.50 bits per heavy atom. The Labute approximate surface area is 59.4 Å². The summed E-state index contributed by atoms with van der Waals surface area (Å²) in [4.78, 5) is 11.7. The molecule has 0 bridgehead atoms. The maximum atomic E-state index is 10.3. The number of carboxylic acid groups (broad SMARTS) is 1. The van der Waals surface area contributed by atoms with Crippen molar-refractivity contribution in [1.29, 1.82) is 0 Å². The largest absolute Gasteiger partial charge is 0.465 e. The molecular formula is C6H11NO3. The Kier molecular flexibility index (Phi) is 2.11. The molecule has 1 aliphatic heterocycles. The van der Waals surface area contributed by atoms with Gasteiger partial charge in [-0.15, -0.1) is 0 Å². The molecule has 1 saturated heterocycles. The highest BCUT2D eigenvalue weighted by Gasteiger charge is 2.24. The lowest BCUT2D eigenvalue weighted by Gasteiger charge is -2.10. The minimum absolute atomic E-state index is 0.107. The maximum Gasteiger partial charge on any atom is 0.407 e. The molecule has 1 amide bonds. The van der Waals surface area contributed by atoms with E-state index in [2.05, 4.69) is 0 Å². The molecule has 0 aromatic rings. The number of hydrogen-bond donors (Lipinski definition) is 1. The van der Waals surface area contributed by atoms with Crippen LogP contribution >= 0.6 is 0 Å². The van der Waals surface area contributed by atoms with Gasteiger partial charge in [-0.25, -0.2) is 4.79 Å². The van der Waals surface area contributed by atoms with Gasteiger partial charge in [0, 0.05) is 13.7 Å². The Balaban J connectivity index is 2.35. The molecule has 1 heterocycles. The number of methoxy groups -OCH3 is 1. The zero-order valence-corrected chi connectivity index (χ0v) is 5.91. The number of likely N-dealkylation sites (tertiary alicyclic amines) is 1. The third-order valence-electron chi connectivity index (χ3n) is 1.75. The van der Waals surface area contributed by atoms with E-state index in [9.17, 15) is 4.79 Å². The monoisotopic (exact) mass is 145 g/mol. The van der Waals surface area contributed by atoms with Crippen LogP contribution in [-0.4, -0.2) is 42.4 Å². The first-order valence-electron chi connectivity index (χ1n) is 3.24. The first kappa shape index (κ1) is 7.34. The number of hydrogen-bond acceptors (Lipinski definition) is 2. The lowest BCUT2D eigenvalue weighted by atomic mass is 10.3. The molecule has 4 heteroatoms. The normalized spacial score (nSPS) is 25.3. The molecule has 1 atom stereocenters. The van der Waals surface area contributed by atoms with Gasteiger partial charge in [0.2, 0.25) is 0 Å². The summed E-state index contributed by atoms with van der Waals surface area (Å²) in [6.45, 7) is 1.12. The predicted molar refractivity (Wildman–Crippen MR) is 35.0 cm³/mol. The number of carbonyl (C=O) groups is 1. The smallest absolute Gasteiger partial charge is 0.407 e. The number of nitrogens with zero attached hydrogens (tertiary/aromatic N) is 1. The van der Waals surface area contributed by atoms with E-state index in [4.69, 9.17) is 9.84 Å². The Bertz CT molecular complexity index is 137. The van der Waals surface area contributed by atoms with E-state index in [-0.39, 0.29) is 6.10 Å². The van der Waals surface area contributed by atoms with Crippen LogP contribution in [0.3, 0.4) is 0 Å². The number of amides is 1. The van der Waals surface area contributed by atoms with Crippen LogP contribution in [0.1, 0.15) is 6.42 Å². The van der Waals surface area contributed by atoms with Gasteiger partial charge in [-0.2, -0.15) is 0 Å². The fourth-order valence-corrected chi connectivity index (χ4v) is 1.09. The van der Waals surface area contributed by atoms with Crippen molar-refractivity contribution in [3.8, 4) is 0 Å². The van der Waals surface area contributed by atoms with E-state index in [1.54, 1.807) is 7.11 Å². The summed E-state index contributed by atoms with van der Waals surface area (Å²) in [5, 5.41) is 8.50. The molecule has 0 aliphatic carbocycles. The molecule has 1 aliphatic rings. The van der Waals surface area contributed by atoms with Gasteiger partial charge in [0.1, 0.15) is 0 Å². The summed E-state index contributed by atoms with van der Waals surface area (Å²) in [6.07, 6.45) is 0.0821. The third-order valence-corrected chi connectivity index (χ3v) is 1.75. The van der Waals surface area contributed by atoms with Crippen molar-refractivity contribution in [2.24, 2.45) is 0 Å². The Morgan fingerprint density at radius 1 is 1.80 bits per heavy atom. The molecule has 1 fully saturated rings. The van der Waals surface area contributed by atoms with Crippen LogP contribution in [-0.2, 0) is 4.74 Å². The van der Waals surface area contributed by atoms with E-state index in [1.165, 1.54) is 4.90 Å². The van der Waals surface area contributed by atoms with Gasteiger partial charge in [-0.05, 0) is 6.42 Å². The van der Waals surface area contributed by atoms with Crippen molar-refractivity contribution in [2.45, 2.75) is 12.5 Å². The fraction of sp³-hybridized carbons (Fsp3) is 0.833. The SMILES string of the molecule is COC1CCN(C(=O)O)C1. The lowest BCUT2D eigenvalue weighted by molar-refractivity contribution is 0.103. The van der Waals surface area contributed by atoms with E-state index in [1.807, 2.05) is 0 Å². The van der Waals surface area contributed by atoms with Crippen molar-refractivity contribution in [3.63, 3.8) is 0 Å². The average molecular weight is 145 g/mol. The lowest BCUT2D eigenvalue weighted by Crippen LogP contribution is -2.27. The number of rotatable bonds is 1. The maximum absolute atomic E-state index is 10.3. The molecular weight excluding hydrogens is 134 g/mol. The third kappa shape index (κ3) is 1.39. The first-order chi connectivity index (χ1) is 4.74. The van der Waals surface area contributed by atoms with Gasteiger partial charge in [0.25, 0.3) is 0 Å². The van der Waals surface area contributed by atoms with Crippen molar-refractivity contribution < 1.29 is 14.6 Å². The molecule has 1 unspecified atom stereocenters. The zero-order valence-electron chi connectivity index (χ0n) is 5.91. The molecule has 1 N–H and O–H groups in total. The second-order valence-corrected chi connectivity index (χ2v) is 2.37. The zero-order chi connectivity index (χ0) is 7.56. The average Bonchev–Trinajstić information content (AvgIpc) is 2.34. The summed E-state index contributed by atoms with van der Waals surface area (Å²) in [6, 6.07) is 0. The summed E-state index contributed by atoms with van der Waals surface area (Å²) < 4.78 is 4.99. The molecule has 4 nitrogen and oxygen atoms in total. The van der Waals surface area contributed by atoms with E-state index in [0.717, 1.165) is 6.42 Å². The van der Waals surface area contributed by atoms with Crippen molar-refractivity contribution >= 4 is 6.09 Å². The molecule has 0 radical (unpaired) electrons. The molecule has 0 saturated carbocycles. The van der Waals surface area contributed by atoms with Gasteiger partial charge in [0.15, 0.2) is 0 Å². The Morgan fingerprint density at radius 3 is 2.80 bits per heavy atom. The van der Waals surface area contributed by atoms with E-state index >= 15 is 0 Å². The molecule has 0 aromatic heterocycles. The Hall–Kier alpha value is -0.770. The van der Waals surface area contributed by atoms with Crippen LogP contribution in [0.2, 0.25) is 0 Å². The highest BCUT2D eigenvalue weighted by atomic mass is 16.5. The van der Waals surface area contributed by atoms with Gasteiger partial charge in [-0.1, -0.05) is 0 Å². The summed E-state index contributed by atoms with van der Waals surface area (Å²) in [7, 11) is 1.61. The second kappa shape index (κ2) is 2.88. The highest BCUT2D eigenvalue weighted by molar-refractivity contribution is 5.65. The minimum Gasteiger partial charge on any atom is -0.465 e. The topological polar surface area (TPSA) is 49.8 Å². The highest BCUT2D eigenvalue weighted by Crippen LogP contribution is 2.10. The van der Waals surface area contributed by atoms with Gasteiger partial charge in [-0.3, -0.25) is 0 Å². The van der Waals surface area contributed by atoms with Crippen LogP contribution in [0.15, 0.2) is 0 Å². The molecule has 58 valence electrons. The van der Waals surface area contributed by atoms with Crippen LogP contribution in [0.5, 0.6) is 0 Å². The fourth-order valence-electron chi connectivity index (χ4n) is 1.09. The molecule has 0 aromatic carbocycles.